The molecule has 0 atom stereocenters. The molecule has 2 amide bonds. The van der Waals surface area contributed by atoms with Crippen LogP contribution in [0.3, 0.4) is 0 Å². The largest absolute Gasteiger partial charge is 0.490 e. The molecule has 0 spiro atoms. The number of benzene rings is 2. The molecule has 3 rings (SSSR count). The van der Waals surface area contributed by atoms with Gasteiger partial charge in [0.1, 0.15) is 0 Å². The molecule has 168 valence electrons. The highest BCUT2D eigenvalue weighted by molar-refractivity contribution is 6.30. The first kappa shape index (κ1) is 23.1. The van der Waals surface area contributed by atoms with Crippen LogP contribution in [0.5, 0.6) is 11.5 Å². The van der Waals surface area contributed by atoms with Crippen molar-refractivity contribution in [3.05, 3.63) is 58.6 Å². The lowest BCUT2D eigenvalue weighted by molar-refractivity contribution is -0.148. The molecule has 0 saturated heterocycles. The third kappa shape index (κ3) is 6.71. The van der Waals surface area contributed by atoms with Crippen LogP contribution in [0.25, 0.3) is 0 Å². The van der Waals surface area contributed by atoms with Gasteiger partial charge in [-0.3, -0.25) is 30.0 Å². The van der Waals surface area contributed by atoms with E-state index in [1.165, 1.54) is 24.3 Å². The van der Waals surface area contributed by atoms with Gasteiger partial charge in [0, 0.05) is 29.0 Å². The normalized spacial score (nSPS) is 12.3. The first-order valence-electron chi connectivity index (χ1n) is 9.85. The quantitative estimate of drug-likeness (QED) is 0.370. The summed E-state index contributed by atoms with van der Waals surface area (Å²) >= 11 is 5.75. The van der Waals surface area contributed by atoms with Gasteiger partial charge < -0.3 is 14.2 Å². The Morgan fingerprint density at radius 1 is 0.875 bits per heavy atom. The molecule has 1 heterocycles. The maximum absolute atomic E-state index is 12.4. The molecule has 0 saturated carbocycles. The second-order valence-corrected chi connectivity index (χ2v) is 7.24. The Bertz CT molecular complexity index is 1010. The smallest absolute Gasteiger partial charge is 0.306 e. The fourth-order valence-corrected chi connectivity index (χ4v) is 2.88. The molecule has 0 aromatic heterocycles. The van der Waals surface area contributed by atoms with Gasteiger partial charge in [-0.25, -0.2) is 0 Å². The number of halogens is 1. The zero-order valence-electron chi connectivity index (χ0n) is 17.0. The number of nitrogens with one attached hydrogen (secondary N) is 2. The van der Waals surface area contributed by atoms with Gasteiger partial charge in [-0.1, -0.05) is 11.6 Å². The van der Waals surface area contributed by atoms with Crippen LogP contribution in [0, 0.1) is 0 Å². The Kier molecular flexibility index (Phi) is 8.04. The maximum atomic E-state index is 12.4. The van der Waals surface area contributed by atoms with Crippen LogP contribution in [0.15, 0.2) is 42.5 Å². The lowest BCUT2D eigenvalue weighted by atomic mass is 10.1. The van der Waals surface area contributed by atoms with Crippen LogP contribution in [0.4, 0.5) is 0 Å². The summed E-state index contributed by atoms with van der Waals surface area (Å²) in [6, 6.07) is 10.9. The molecule has 0 fully saturated rings. The topological polar surface area (TPSA) is 120 Å². The average Bonchev–Trinajstić information content (AvgIpc) is 3.05. The Hall–Kier alpha value is -3.59. The molecule has 0 bridgehead atoms. The van der Waals surface area contributed by atoms with Gasteiger partial charge in [0.05, 0.1) is 19.6 Å². The Morgan fingerprint density at radius 3 is 2.31 bits per heavy atom. The Morgan fingerprint density at radius 2 is 1.56 bits per heavy atom. The number of carbonyl (C=O) groups excluding carboxylic acids is 4. The highest BCUT2D eigenvalue weighted by Crippen LogP contribution is 2.30. The lowest BCUT2D eigenvalue weighted by Crippen LogP contribution is -2.43. The van der Waals surface area contributed by atoms with Gasteiger partial charge in [-0.05, 0) is 42.5 Å². The number of fused-ring (bicyclic) bond motifs is 1. The van der Waals surface area contributed by atoms with Crippen molar-refractivity contribution in [1.29, 1.82) is 0 Å². The van der Waals surface area contributed by atoms with Gasteiger partial charge in [0.25, 0.3) is 11.8 Å². The van der Waals surface area contributed by atoms with E-state index in [4.69, 9.17) is 25.8 Å². The van der Waals surface area contributed by atoms with E-state index in [0.717, 1.165) is 6.42 Å². The number of esters is 1. The van der Waals surface area contributed by atoms with E-state index in [1.54, 1.807) is 18.2 Å². The molecule has 2 N–H and O–H groups in total. The summed E-state index contributed by atoms with van der Waals surface area (Å²) in [5, 5.41) is 0.473. The summed E-state index contributed by atoms with van der Waals surface area (Å²) in [6.45, 7) is 0.446. The van der Waals surface area contributed by atoms with Gasteiger partial charge in [-0.2, -0.15) is 0 Å². The molecule has 2 aromatic rings. The van der Waals surface area contributed by atoms with Crippen molar-refractivity contribution in [3.63, 3.8) is 0 Å². The van der Waals surface area contributed by atoms with Crippen LogP contribution < -0.4 is 20.3 Å². The van der Waals surface area contributed by atoms with E-state index in [0.29, 0.717) is 40.9 Å². The molecular weight excluding hydrogens is 440 g/mol. The molecule has 1 aliphatic rings. The standard InChI is InChI=1S/C22H21ClN2O7/c23-16-5-2-14(3-6-16)22(29)25-24-20(27)13-32-21(28)9-7-17(26)15-4-8-18-19(12-15)31-11-1-10-30-18/h2-6,8,12H,1,7,9-11,13H2,(H,24,27)(H,25,29). The first-order valence-corrected chi connectivity index (χ1v) is 10.2. The minimum absolute atomic E-state index is 0.0899. The van der Waals surface area contributed by atoms with Crippen LogP contribution in [-0.4, -0.2) is 43.4 Å². The highest BCUT2D eigenvalue weighted by atomic mass is 35.5. The van der Waals surface area contributed by atoms with Crippen molar-refractivity contribution in [2.24, 2.45) is 0 Å². The monoisotopic (exact) mass is 460 g/mol. The molecule has 32 heavy (non-hydrogen) atoms. The van der Waals surface area contributed by atoms with Gasteiger partial charge in [0.2, 0.25) is 0 Å². The third-order valence-corrected chi connectivity index (χ3v) is 4.66. The van der Waals surface area contributed by atoms with Gasteiger partial charge in [-0.15, -0.1) is 0 Å². The SMILES string of the molecule is O=C(COC(=O)CCC(=O)c1ccc2c(c1)OCCCO2)NNC(=O)c1ccc(Cl)cc1. The summed E-state index contributed by atoms with van der Waals surface area (Å²) < 4.78 is 15.9. The Labute approximate surface area is 188 Å². The molecule has 0 aliphatic carbocycles. The van der Waals surface area contributed by atoms with E-state index in [2.05, 4.69) is 10.9 Å². The second-order valence-electron chi connectivity index (χ2n) is 6.81. The van der Waals surface area contributed by atoms with E-state index in [9.17, 15) is 19.2 Å². The third-order valence-electron chi connectivity index (χ3n) is 4.41. The average molecular weight is 461 g/mol. The van der Waals surface area contributed by atoms with E-state index >= 15 is 0 Å². The molecule has 9 nitrogen and oxygen atoms in total. The fourth-order valence-electron chi connectivity index (χ4n) is 2.75. The first-order chi connectivity index (χ1) is 15.4. The van der Waals surface area contributed by atoms with Crippen molar-refractivity contribution in [2.45, 2.75) is 19.3 Å². The van der Waals surface area contributed by atoms with E-state index in [-0.39, 0.29) is 18.6 Å². The number of rotatable bonds is 7. The van der Waals surface area contributed by atoms with Crippen molar-refractivity contribution >= 4 is 35.2 Å². The molecular formula is C22H21ClN2O7. The number of amides is 2. The van der Waals surface area contributed by atoms with E-state index < -0.39 is 24.4 Å². The summed E-state index contributed by atoms with van der Waals surface area (Å²) in [5.74, 6) is -1.19. The zero-order valence-corrected chi connectivity index (χ0v) is 17.8. The second kappa shape index (κ2) is 11.1. The van der Waals surface area contributed by atoms with Gasteiger partial charge >= 0.3 is 5.97 Å². The number of carbonyl (C=O) groups is 4. The summed E-state index contributed by atoms with van der Waals surface area (Å²) in [7, 11) is 0. The van der Waals surface area contributed by atoms with E-state index in [1.807, 2.05) is 0 Å². The molecule has 2 aromatic carbocycles. The number of hydrogen-bond acceptors (Lipinski definition) is 7. The predicted octanol–water partition coefficient (Wildman–Crippen LogP) is 2.47. The van der Waals surface area contributed by atoms with Crippen molar-refractivity contribution < 1.29 is 33.4 Å². The summed E-state index contributed by atoms with van der Waals surface area (Å²) in [6.07, 6.45) is 0.466. The van der Waals surface area contributed by atoms with Crippen molar-refractivity contribution in [3.8, 4) is 11.5 Å². The maximum Gasteiger partial charge on any atom is 0.306 e. The summed E-state index contributed by atoms with van der Waals surface area (Å²) in [4.78, 5) is 47.8. The number of ketones is 1. The lowest BCUT2D eigenvalue weighted by Gasteiger charge is -2.09. The summed E-state index contributed by atoms with van der Waals surface area (Å²) in [5.41, 5.74) is 5.01. The molecule has 0 radical (unpaired) electrons. The Balaban J connectivity index is 1.37. The zero-order chi connectivity index (χ0) is 22.9. The van der Waals surface area contributed by atoms with Crippen LogP contribution in [0.1, 0.15) is 40.0 Å². The van der Waals surface area contributed by atoms with Crippen LogP contribution in [0.2, 0.25) is 5.02 Å². The number of hydrazine groups is 1. The molecule has 0 unspecified atom stereocenters. The predicted molar refractivity (Wildman–Crippen MR) is 114 cm³/mol. The molecule has 10 heteroatoms. The van der Waals surface area contributed by atoms with Crippen LogP contribution >= 0.6 is 11.6 Å². The number of Topliss-reactive ketones (excluding diaryl/α,β-unsaturated/α-hetero) is 1. The number of hydrogen-bond donors (Lipinski definition) is 2. The van der Waals surface area contributed by atoms with Crippen molar-refractivity contribution in [1.82, 2.24) is 10.9 Å². The fraction of sp³-hybridized carbons (Fsp3) is 0.273. The van der Waals surface area contributed by atoms with Crippen molar-refractivity contribution in [2.75, 3.05) is 19.8 Å². The number of ether oxygens (including phenoxy) is 3. The van der Waals surface area contributed by atoms with Crippen LogP contribution in [-0.2, 0) is 14.3 Å². The van der Waals surface area contributed by atoms with Gasteiger partial charge in [0.15, 0.2) is 23.9 Å². The molecule has 1 aliphatic heterocycles. The highest BCUT2D eigenvalue weighted by Gasteiger charge is 2.16. The minimum Gasteiger partial charge on any atom is -0.490 e. The minimum atomic E-state index is -0.727.